The van der Waals surface area contributed by atoms with Crippen LogP contribution >= 0.6 is 0 Å². The Bertz CT molecular complexity index is 921. The van der Waals surface area contributed by atoms with E-state index in [0.29, 0.717) is 0 Å². The largest absolute Gasteiger partial charge is 0.417 e. The fourth-order valence-corrected chi connectivity index (χ4v) is 2.75. The lowest BCUT2D eigenvalue weighted by molar-refractivity contribution is -0.138. The fourth-order valence-electron chi connectivity index (χ4n) is 2.75. The minimum absolute atomic E-state index is 0.362. The van der Waals surface area contributed by atoms with Gasteiger partial charge in [0.15, 0.2) is 0 Å². The number of hydrogen-bond acceptors (Lipinski definition) is 3. The van der Waals surface area contributed by atoms with E-state index in [1.165, 1.54) is 36.5 Å². The van der Waals surface area contributed by atoms with Crippen molar-refractivity contribution in [3.05, 3.63) is 77.9 Å². The van der Waals surface area contributed by atoms with Crippen molar-refractivity contribution in [3.8, 4) is 5.69 Å². The highest BCUT2D eigenvalue weighted by Gasteiger charge is 2.36. The van der Waals surface area contributed by atoms with Crippen LogP contribution in [0.15, 0.2) is 61.2 Å². The molecule has 1 aromatic heterocycles. The zero-order chi connectivity index (χ0) is 19.6. The Morgan fingerprint density at radius 2 is 1.78 bits per heavy atom. The first-order valence-corrected chi connectivity index (χ1v) is 8.17. The molecule has 8 heteroatoms. The van der Waals surface area contributed by atoms with Crippen molar-refractivity contribution < 1.29 is 18.0 Å². The smallest absolute Gasteiger partial charge is 0.335 e. The second-order valence-corrected chi connectivity index (χ2v) is 6.07. The first kappa shape index (κ1) is 18.6. The number of benzene rings is 2. The Labute approximate surface area is 154 Å². The molecule has 0 N–H and O–H groups in total. The number of alkyl halides is 3. The van der Waals surface area contributed by atoms with Crippen molar-refractivity contribution in [2.45, 2.75) is 19.1 Å². The van der Waals surface area contributed by atoms with E-state index in [2.05, 4.69) is 10.1 Å². The predicted molar refractivity (Wildman–Crippen MR) is 93.3 cm³/mol. The summed E-state index contributed by atoms with van der Waals surface area (Å²) in [6.45, 7) is 1.76. The molecule has 0 fully saturated rings. The third-order valence-electron chi connectivity index (χ3n) is 4.42. The molecule has 27 heavy (non-hydrogen) atoms. The third-order valence-corrected chi connectivity index (χ3v) is 4.42. The number of aromatic nitrogens is 3. The normalized spacial score (nSPS) is 12.6. The lowest BCUT2D eigenvalue weighted by atomic mass is 10.0. The van der Waals surface area contributed by atoms with Crippen LogP contribution < -0.4 is 0 Å². The number of carbonyl (C=O) groups excluding carboxylic acids is 1. The number of halogens is 3. The minimum atomic E-state index is -4.59. The molecule has 0 bridgehead atoms. The maximum Gasteiger partial charge on any atom is 0.417 e. The van der Waals surface area contributed by atoms with Crippen LogP contribution in [0.3, 0.4) is 0 Å². The van der Waals surface area contributed by atoms with E-state index in [0.717, 1.165) is 17.3 Å². The van der Waals surface area contributed by atoms with E-state index < -0.39 is 23.7 Å². The molecule has 0 radical (unpaired) electrons. The van der Waals surface area contributed by atoms with Crippen molar-refractivity contribution in [1.82, 2.24) is 19.7 Å². The van der Waals surface area contributed by atoms with Gasteiger partial charge in [0.2, 0.25) is 0 Å². The molecule has 0 aliphatic rings. The van der Waals surface area contributed by atoms with Gasteiger partial charge in [0.05, 0.1) is 22.9 Å². The quantitative estimate of drug-likeness (QED) is 0.690. The molecule has 0 saturated heterocycles. The molecule has 0 aliphatic heterocycles. The standard InChI is InChI=1S/C19H17F3N4O/c1-13(14-7-9-15(10-8-14)26-12-23-11-24-26)25(2)18(27)16-5-3-4-6-17(16)19(20,21)22/h3-13H,1-2H3/t13-/m1/s1. The van der Waals surface area contributed by atoms with Crippen molar-refractivity contribution in [1.29, 1.82) is 0 Å². The maximum absolute atomic E-state index is 13.2. The molecule has 1 heterocycles. The Hall–Kier alpha value is -3.16. The zero-order valence-electron chi connectivity index (χ0n) is 14.7. The average molecular weight is 374 g/mol. The van der Waals surface area contributed by atoms with Crippen molar-refractivity contribution in [2.24, 2.45) is 0 Å². The molecule has 2 aromatic carbocycles. The van der Waals surface area contributed by atoms with E-state index >= 15 is 0 Å². The molecule has 5 nitrogen and oxygen atoms in total. The van der Waals surface area contributed by atoms with E-state index in [4.69, 9.17) is 0 Å². The maximum atomic E-state index is 13.2. The predicted octanol–water partition coefficient (Wildman–Crippen LogP) is 4.12. The molecular formula is C19H17F3N4O. The van der Waals surface area contributed by atoms with Crippen LogP contribution in [0.2, 0.25) is 0 Å². The van der Waals surface area contributed by atoms with Gasteiger partial charge in [-0.25, -0.2) is 9.67 Å². The first-order valence-electron chi connectivity index (χ1n) is 8.17. The molecule has 3 aromatic rings. The average Bonchev–Trinajstić information content (AvgIpc) is 3.20. The molecule has 140 valence electrons. The summed E-state index contributed by atoms with van der Waals surface area (Å²) in [7, 11) is 1.49. The molecule has 1 atom stereocenters. The van der Waals surface area contributed by atoms with Gasteiger partial charge >= 0.3 is 6.18 Å². The van der Waals surface area contributed by atoms with Crippen molar-refractivity contribution in [3.63, 3.8) is 0 Å². The third kappa shape index (κ3) is 3.84. The number of nitrogens with zero attached hydrogens (tertiary/aromatic N) is 4. The highest BCUT2D eigenvalue weighted by Crippen LogP contribution is 2.33. The number of rotatable bonds is 4. The van der Waals surface area contributed by atoms with Crippen molar-refractivity contribution >= 4 is 5.91 Å². The number of hydrogen-bond donors (Lipinski definition) is 0. The summed E-state index contributed by atoms with van der Waals surface area (Å²) in [5, 5.41) is 4.03. The number of amides is 1. The zero-order valence-corrected chi connectivity index (χ0v) is 14.7. The van der Waals surface area contributed by atoms with Crippen LogP contribution in [0.25, 0.3) is 5.69 Å². The lowest BCUT2D eigenvalue weighted by Crippen LogP contribution is -2.31. The van der Waals surface area contributed by atoms with Gasteiger partial charge in [-0.2, -0.15) is 18.3 Å². The summed E-state index contributed by atoms with van der Waals surface area (Å²) >= 11 is 0. The van der Waals surface area contributed by atoms with Crippen LogP contribution in [0.5, 0.6) is 0 Å². The van der Waals surface area contributed by atoms with Crippen molar-refractivity contribution in [2.75, 3.05) is 7.05 Å². The van der Waals surface area contributed by atoms with Gasteiger partial charge in [-0.3, -0.25) is 4.79 Å². The first-order chi connectivity index (χ1) is 12.8. The number of carbonyl (C=O) groups is 1. The monoisotopic (exact) mass is 374 g/mol. The van der Waals surface area contributed by atoms with Gasteiger partial charge in [-0.1, -0.05) is 24.3 Å². The Morgan fingerprint density at radius 3 is 2.37 bits per heavy atom. The Balaban J connectivity index is 1.83. The van der Waals surface area contributed by atoms with Gasteiger partial charge < -0.3 is 4.90 Å². The van der Waals surface area contributed by atoms with E-state index in [1.807, 2.05) is 12.1 Å². The SMILES string of the molecule is C[C@H](c1ccc(-n2cncn2)cc1)N(C)C(=O)c1ccccc1C(F)(F)F. The molecule has 1 amide bonds. The highest BCUT2D eigenvalue weighted by molar-refractivity contribution is 5.96. The summed E-state index contributed by atoms with van der Waals surface area (Å²) in [6.07, 6.45) is -1.61. The van der Waals surface area contributed by atoms with Crippen LogP contribution in [0, 0.1) is 0 Å². The molecule has 3 rings (SSSR count). The summed E-state index contributed by atoms with van der Waals surface area (Å²) in [4.78, 5) is 17.9. The van der Waals surface area contributed by atoms with Crippen LogP contribution in [0.1, 0.15) is 34.5 Å². The Kier molecular flexibility index (Phi) is 4.98. The molecule has 0 aliphatic carbocycles. The molecule has 0 saturated carbocycles. The topological polar surface area (TPSA) is 51.0 Å². The second-order valence-electron chi connectivity index (χ2n) is 6.07. The van der Waals surface area contributed by atoms with Gasteiger partial charge in [-0.05, 0) is 36.8 Å². The molecule has 0 spiro atoms. The highest BCUT2D eigenvalue weighted by atomic mass is 19.4. The summed E-state index contributed by atoms with van der Waals surface area (Å²) in [5.74, 6) is -0.684. The second kappa shape index (κ2) is 7.22. The van der Waals surface area contributed by atoms with E-state index in [-0.39, 0.29) is 5.56 Å². The van der Waals surface area contributed by atoms with Gasteiger partial charge in [0, 0.05) is 7.05 Å². The molecular weight excluding hydrogens is 357 g/mol. The Morgan fingerprint density at radius 1 is 1.11 bits per heavy atom. The lowest BCUT2D eigenvalue weighted by Gasteiger charge is -2.26. The molecule has 0 unspecified atom stereocenters. The summed E-state index contributed by atoms with van der Waals surface area (Å²) in [5.41, 5.74) is 0.285. The van der Waals surface area contributed by atoms with E-state index in [9.17, 15) is 18.0 Å². The van der Waals surface area contributed by atoms with Crippen LogP contribution in [0.4, 0.5) is 13.2 Å². The van der Waals surface area contributed by atoms with E-state index in [1.54, 1.807) is 30.1 Å². The minimum Gasteiger partial charge on any atom is -0.335 e. The summed E-state index contributed by atoms with van der Waals surface area (Å²) in [6, 6.07) is 11.6. The van der Waals surface area contributed by atoms with Crippen LogP contribution in [-0.4, -0.2) is 32.6 Å². The van der Waals surface area contributed by atoms with Crippen LogP contribution in [-0.2, 0) is 6.18 Å². The van der Waals surface area contributed by atoms with Gasteiger partial charge in [0.25, 0.3) is 5.91 Å². The van der Waals surface area contributed by atoms with Gasteiger partial charge in [-0.15, -0.1) is 0 Å². The van der Waals surface area contributed by atoms with Gasteiger partial charge in [0.1, 0.15) is 12.7 Å². The summed E-state index contributed by atoms with van der Waals surface area (Å²) < 4.78 is 41.2. The fraction of sp³-hybridized carbons (Fsp3) is 0.211.